The van der Waals surface area contributed by atoms with Gasteiger partial charge in [-0.25, -0.2) is 14.8 Å². The Morgan fingerprint density at radius 2 is 2.27 bits per heavy atom. The first kappa shape index (κ1) is 15.2. The third kappa shape index (κ3) is 2.91. The molecule has 7 heteroatoms. The molecular weight excluding hydrogens is 300 g/mol. The fourth-order valence-electron chi connectivity index (χ4n) is 2.63. The molecule has 0 bridgehead atoms. The number of fused-ring (bicyclic) bond motifs is 1. The maximum Gasteiger partial charge on any atom is 0.367 e. The molecule has 0 N–H and O–H groups in total. The van der Waals surface area contributed by atoms with Gasteiger partial charge in [-0.15, -0.1) is 0 Å². The molecule has 3 rings (SSSR count). The highest BCUT2D eigenvalue weighted by molar-refractivity contribution is 7.19. The lowest BCUT2D eigenvalue weighted by Gasteiger charge is -2.20. The molecule has 22 heavy (non-hydrogen) atoms. The minimum absolute atomic E-state index is 0.354. The van der Waals surface area contributed by atoms with Crippen molar-refractivity contribution in [3.8, 4) is 0 Å². The van der Waals surface area contributed by atoms with Gasteiger partial charge in [0, 0.05) is 19.1 Å². The first-order valence-corrected chi connectivity index (χ1v) is 8.26. The molecule has 1 atom stereocenters. The predicted molar refractivity (Wildman–Crippen MR) is 87.7 cm³/mol. The molecular formula is C15H20N4O2S. The molecule has 2 aromatic heterocycles. The summed E-state index contributed by atoms with van der Waals surface area (Å²) in [6.07, 6.45) is 1.14. The summed E-state index contributed by atoms with van der Waals surface area (Å²) < 4.78 is 4.99. The molecule has 0 saturated carbocycles. The lowest BCUT2D eigenvalue weighted by Crippen LogP contribution is -2.31. The number of pyridine rings is 1. The van der Waals surface area contributed by atoms with Crippen molar-refractivity contribution in [2.75, 3.05) is 38.7 Å². The van der Waals surface area contributed by atoms with Crippen LogP contribution in [-0.4, -0.2) is 60.7 Å². The summed E-state index contributed by atoms with van der Waals surface area (Å²) in [5, 5.41) is 0.370. The van der Waals surface area contributed by atoms with Crippen LogP contribution in [0.5, 0.6) is 0 Å². The van der Waals surface area contributed by atoms with Crippen molar-refractivity contribution in [3.63, 3.8) is 0 Å². The van der Waals surface area contributed by atoms with Crippen LogP contribution in [0.1, 0.15) is 23.1 Å². The summed E-state index contributed by atoms with van der Waals surface area (Å²) in [6, 6.07) is 4.48. The molecule has 3 heterocycles. The number of hydrogen-bond acceptors (Lipinski definition) is 7. The van der Waals surface area contributed by atoms with Crippen LogP contribution >= 0.6 is 11.3 Å². The van der Waals surface area contributed by atoms with E-state index in [0.29, 0.717) is 17.7 Å². The van der Waals surface area contributed by atoms with Crippen molar-refractivity contribution in [2.24, 2.45) is 0 Å². The maximum atomic E-state index is 11.8. The molecule has 0 radical (unpaired) electrons. The SMILES string of the molecule is CCOC(=O)c1nc2ccc(N3CC[C@@H](N(C)C)C3)nc2s1. The second-order valence-corrected chi connectivity index (χ2v) is 6.56. The summed E-state index contributed by atoms with van der Waals surface area (Å²) in [4.78, 5) is 26.0. The van der Waals surface area contributed by atoms with Gasteiger partial charge >= 0.3 is 5.97 Å². The number of aromatic nitrogens is 2. The molecule has 0 spiro atoms. The molecule has 118 valence electrons. The highest BCUT2D eigenvalue weighted by atomic mass is 32.1. The number of rotatable bonds is 4. The Bertz CT molecular complexity index is 685. The summed E-state index contributed by atoms with van der Waals surface area (Å²) in [5.41, 5.74) is 0.750. The quantitative estimate of drug-likeness (QED) is 0.803. The van der Waals surface area contributed by atoms with Crippen molar-refractivity contribution >= 4 is 33.5 Å². The van der Waals surface area contributed by atoms with Gasteiger partial charge in [0.25, 0.3) is 0 Å². The second kappa shape index (κ2) is 6.18. The molecule has 1 saturated heterocycles. The zero-order valence-corrected chi connectivity index (χ0v) is 13.9. The van der Waals surface area contributed by atoms with E-state index in [2.05, 4.69) is 33.9 Å². The highest BCUT2D eigenvalue weighted by Crippen LogP contribution is 2.26. The molecule has 1 aliphatic rings. The maximum absolute atomic E-state index is 11.8. The molecule has 6 nitrogen and oxygen atoms in total. The van der Waals surface area contributed by atoms with Crippen molar-refractivity contribution in [1.82, 2.24) is 14.9 Å². The van der Waals surface area contributed by atoms with E-state index >= 15 is 0 Å². The minimum atomic E-state index is -0.374. The van der Waals surface area contributed by atoms with E-state index in [1.54, 1.807) is 6.92 Å². The zero-order valence-electron chi connectivity index (χ0n) is 13.1. The number of anilines is 1. The molecule has 1 aliphatic heterocycles. The van der Waals surface area contributed by atoms with Gasteiger partial charge in [0.15, 0.2) is 0 Å². The molecule has 0 amide bonds. The lowest BCUT2D eigenvalue weighted by molar-refractivity contribution is 0.0526. The van der Waals surface area contributed by atoms with Crippen LogP contribution in [-0.2, 0) is 4.74 Å². The average Bonchev–Trinajstić information content (AvgIpc) is 3.13. The number of hydrogen-bond donors (Lipinski definition) is 0. The Hall–Kier alpha value is -1.73. The van der Waals surface area contributed by atoms with Gasteiger partial charge in [-0.2, -0.15) is 0 Å². The first-order valence-electron chi connectivity index (χ1n) is 7.44. The smallest absolute Gasteiger partial charge is 0.367 e. The van der Waals surface area contributed by atoms with Crippen LogP contribution in [0.2, 0.25) is 0 Å². The first-order chi connectivity index (χ1) is 10.6. The van der Waals surface area contributed by atoms with Gasteiger partial charge in [-0.3, -0.25) is 0 Å². The standard InChI is InChI=1S/C15H20N4O2S/c1-4-21-15(20)14-16-11-5-6-12(17-13(11)22-14)19-8-7-10(9-19)18(2)3/h5-6,10H,4,7-9H2,1-3H3/t10-/m1/s1. The molecule has 1 fully saturated rings. The Balaban J connectivity index is 1.83. The number of nitrogens with zero attached hydrogens (tertiary/aromatic N) is 4. The average molecular weight is 320 g/mol. The predicted octanol–water partition coefficient (Wildman–Crippen LogP) is 2.01. The summed E-state index contributed by atoms with van der Waals surface area (Å²) in [5.74, 6) is 0.580. The van der Waals surface area contributed by atoms with Gasteiger partial charge in [0.1, 0.15) is 16.2 Å². The van der Waals surface area contributed by atoms with Gasteiger partial charge in [-0.05, 0) is 39.6 Å². The molecule has 0 aromatic carbocycles. The fourth-order valence-corrected chi connectivity index (χ4v) is 3.46. The van der Waals surface area contributed by atoms with E-state index in [4.69, 9.17) is 4.74 Å². The summed E-state index contributed by atoms with van der Waals surface area (Å²) in [6.45, 7) is 4.13. The number of carbonyl (C=O) groups is 1. The van der Waals surface area contributed by atoms with E-state index in [9.17, 15) is 4.79 Å². The van der Waals surface area contributed by atoms with Crippen molar-refractivity contribution < 1.29 is 9.53 Å². The number of esters is 1. The number of thiazole rings is 1. The molecule has 2 aromatic rings. The van der Waals surface area contributed by atoms with E-state index < -0.39 is 0 Å². The molecule has 0 unspecified atom stereocenters. The second-order valence-electron chi connectivity index (χ2n) is 5.59. The third-order valence-corrected chi connectivity index (χ3v) is 4.85. The van der Waals surface area contributed by atoms with E-state index in [0.717, 1.165) is 35.7 Å². The Morgan fingerprint density at radius 1 is 1.45 bits per heavy atom. The van der Waals surface area contributed by atoms with Gasteiger partial charge in [-0.1, -0.05) is 11.3 Å². The van der Waals surface area contributed by atoms with Gasteiger partial charge in [0.05, 0.1) is 6.61 Å². The number of likely N-dealkylation sites (N-methyl/N-ethyl adjacent to an activating group) is 1. The van der Waals surface area contributed by atoms with Crippen LogP contribution in [0, 0.1) is 0 Å². The summed E-state index contributed by atoms with van der Waals surface area (Å²) in [7, 11) is 4.22. The van der Waals surface area contributed by atoms with Crippen LogP contribution in [0.3, 0.4) is 0 Å². The van der Waals surface area contributed by atoms with Crippen molar-refractivity contribution in [3.05, 3.63) is 17.1 Å². The zero-order chi connectivity index (χ0) is 15.7. The monoisotopic (exact) mass is 320 g/mol. The van der Waals surface area contributed by atoms with Crippen LogP contribution in [0.15, 0.2) is 12.1 Å². The van der Waals surface area contributed by atoms with Crippen molar-refractivity contribution in [2.45, 2.75) is 19.4 Å². The van der Waals surface area contributed by atoms with Crippen LogP contribution in [0.4, 0.5) is 5.82 Å². The van der Waals surface area contributed by atoms with Gasteiger partial charge in [0.2, 0.25) is 5.01 Å². The van der Waals surface area contributed by atoms with Gasteiger partial charge < -0.3 is 14.5 Å². The Labute approximate surface area is 133 Å². The topological polar surface area (TPSA) is 58.6 Å². The Morgan fingerprint density at radius 3 is 2.95 bits per heavy atom. The third-order valence-electron chi connectivity index (χ3n) is 3.91. The highest BCUT2D eigenvalue weighted by Gasteiger charge is 2.25. The van der Waals surface area contributed by atoms with E-state index in [-0.39, 0.29) is 5.97 Å². The number of ether oxygens (including phenoxy) is 1. The fraction of sp³-hybridized carbons (Fsp3) is 0.533. The van der Waals surface area contributed by atoms with Crippen LogP contribution < -0.4 is 4.90 Å². The lowest BCUT2D eigenvalue weighted by atomic mass is 10.2. The normalized spacial score (nSPS) is 18.4. The minimum Gasteiger partial charge on any atom is -0.461 e. The van der Waals surface area contributed by atoms with Crippen molar-refractivity contribution in [1.29, 1.82) is 0 Å². The molecule has 0 aliphatic carbocycles. The van der Waals surface area contributed by atoms with E-state index in [1.165, 1.54) is 11.3 Å². The van der Waals surface area contributed by atoms with Crippen LogP contribution in [0.25, 0.3) is 10.3 Å². The van der Waals surface area contributed by atoms with E-state index in [1.807, 2.05) is 12.1 Å². The number of carbonyl (C=O) groups excluding carboxylic acids is 1. The summed E-state index contributed by atoms with van der Waals surface area (Å²) >= 11 is 1.29. The largest absolute Gasteiger partial charge is 0.461 e. The Kier molecular flexibility index (Phi) is 4.26.